The number of nitrogens with zero attached hydrogens (tertiary/aromatic N) is 2. The summed E-state index contributed by atoms with van der Waals surface area (Å²) in [5, 5.41) is 13.0. The van der Waals surface area contributed by atoms with E-state index in [-0.39, 0.29) is 30.8 Å². The number of aryl methyl sites for hydroxylation is 1. The second-order valence-corrected chi connectivity index (χ2v) is 5.80. The number of rotatable bonds is 7. The van der Waals surface area contributed by atoms with Gasteiger partial charge in [0, 0.05) is 29.8 Å². The van der Waals surface area contributed by atoms with Crippen molar-refractivity contribution in [2.45, 2.75) is 32.7 Å². The summed E-state index contributed by atoms with van der Waals surface area (Å²) < 4.78 is 5.10. The standard InChI is InChI=1S/C14H18N4O3S/c1-9(2)16-12(20)7-15-11(19)3-4-13-17-14(18-21-13)10-5-6-22-8-10/h5-6,8-9H,3-4,7H2,1-2H3,(H,15,19)(H,16,20). The Kier molecular flexibility index (Phi) is 5.65. The molecule has 0 atom stereocenters. The minimum atomic E-state index is -0.228. The van der Waals surface area contributed by atoms with Crippen molar-refractivity contribution < 1.29 is 14.1 Å². The van der Waals surface area contributed by atoms with Crippen molar-refractivity contribution in [1.82, 2.24) is 20.8 Å². The normalized spacial score (nSPS) is 10.7. The van der Waals surface area contributed by atoms with Crippen LogP contribution >= 0.6 is 11.3 Å². The summed E-state index contributed by atoms with van der Waals surface area (Å²) in [4.78, 5) is 27.3. The molecular formula is C14H18N4O3S. The first-order chi connectivity index (χ1) is 10.5. The van der Waals surface area contributed by atoms with E-state index in [9.17, 15) is 9.59 Å². The molecule has 2 rings (SSSR count). The molecule has 0 saturated carbocycles. The lowest BCUT2D eigenvalue weighted by Crippen LogP contribution is -2.39. The highest BCUT2D eigenvalue weighted by molar-refractivity contribution is 7.08. The van der Waals surface area contributed by atoms with Crippen LogP contribution in [0.25, 0.3) is 11.4 Å². The van der Waals surface area contributed by atoms with Crippen LogP contribution in [0.5, 0.6) is 0 Å². The van der Waals surface area contributed by atoms with Gasteiger partial charge in [-0.1, -0.05) is 5.16 Å². The summed E-state index contributed by atoms with van der Waals surface area (Å²) >= 11 is 1.55. The highest BCUT2D eigenvalue weighted by Gasteiger charge is 2.11. The monoisotopic (exact) mass is 322 g/mol. The Morgan fingerprint density at radius 3 is 2.86 bits per heavy atom. The minimum Gasteiger partial charge on any atom is -0.352 e. The third kappa shape index (κ3) is 4.96. The first kappa shape index (κ1) is 16.2. The van der Waals surface area contributed by atoms with E-state index in [2.05, 4.69) is 20.8 Å². The van der Waals surface area contributed by atoms with Gasteiger partial charge in [0.1, 0.15) is 0 Å². The van der Waals surface area contributed by atoms with Gasteiger partial charge in [0.15, 0.2) is 0 Å². The number of hydrogen-bond acceptors (Lipinski definition) is 6. The molecular weight excluding hydrogens is 304 g/mol. The Hall–Kier alpha value is -2.22. The van der Waals surface area contributed by atoms with Crippen LogP contribution in [0.2, 0.25) is 0 Å². The van der Waals surface area contributed by atoms with Gasteiger partial charge in [0.05, 0.1) is 6.54 Å². The number of thiophene rings is 1. The molecule has 0 unspecified atom stereocenters. The van der Waals surface area contributed by atoms with E-state index in [1.807, 2.05) is 30.7 Å². The molecule has 0 radical (unpaired) electrons. The van der Waals surface area contributed by atoms with Crippen LogP contribution in [-0.2, 0) is 16.0 Å². The van der Waals surface area contributed by atoms with Crippen molar-refractivity contribution in [1.29, 1.82) is 0 Å². The Labute approximate surface area is 132 Å². The largest absolute Gasteiger partial charge is 0.352 e. The van der Waals surface area contributed by atoms with Crippen LogP contribution in [-0.4, -0.2) is 34.5 Å². The van der Waals surface area contributed by atoms with Gasteiger partial charge in [0.25, 0.3) is 0 Å². The second-order valence-electron chi connectivity index (χ2n) is 5.02. The molecule has 8 heteroatoms. The molecule has 118 valence electrons. The van der Waals surface area contributed by atoms with E-state index in [4.69, 9.17) is 4.52 Å². The van der Waals surface area contributed by atoms with Crippen molar-refractivity contribution >= 4 is 23.2 Å². The first-order valence-electron chi connectivity index (χ1n) is 6.96. The first-order valence-corrected chi connectivity index (χ1v) is 7.90. The van der Waals surface area contributed by atoms with Crippen molar-refractivity contribution in [3.05, 3.63) is 22.7 Å². The molecule has 22 heavy (non-hydrogen) atoms. The van der Waals surface area contributed by atoms with E-state index in [1.165, 1.54) is 0 Å². The van der Waals surface area contributed by atoms with Crippen molar-refractivity contribution in [2.24, 2.45) is 0 Å². The zero-order valence-corrected chi connectivity index (χ0v) is 13.3. The van der Waals surface area contributed by atoms with Gasteiger partial charge in [-0.3, -0.25) is 9.59 Å². The highest BCUT2D eigenvalue weighted by Crippen LogP contribution is 2.18. The molecule has 0 aromatic carbocycles. The van der Waals surface area contributed by atoms with E-state index in [1.54, 1.807) is 11.3 Å². The zero-order chi connectivity index (χ0) is 15.9. The predicted octanol–water partition coefficient (Wildman–Crippen LogP) is 1.37. The molecule has 0 bridgehead atoms. The molecule has 2 N–H and O–H groups in total. The molecule has 0 spiro atoms. The van der Waals surface area contributed by atoms with Gasteiger partial charge in [-0.05, 0) is 25.3 Å². The van der Waals surface area contributed by atoms with E-state index in [0.717, 1.165) is 5.56 Å². The van der Waals surface area contributed by atoms with Gasteiger partial charge in [-0.15, -0.1) is 0 Å². The second kappa shape index (κ2) is 7.69. The molecule has 0 aliphatic heterocycles. The van der Waals surface area contributed by atoms with Crippen LogP contribution < -0.4 is 10.6 Å². The summed E-state index contributed by atoms with van der Waals surface area (Å²) in [5.41, 5.74) is 0.898. The van der Waals surface area contributed by atoms with Crippen LogP contribution in [0.3, 0.4) is 0 Å². The Balaban J connectivity index is 1.74. The molecule has 0 saturated heterocycles. The van der Waals surface area contributed by atoms with E-state index < -0.39 is 0 Å². The predicted molar refractivity (Wildman–Crippen MR) is 82.2 cm³/mol. The number of hydrogen-bond donors (Lipinski definition) is 2. The Bertz CT molecular complexity index is 622. The van der Waals surface area contributed by atoms with Crippen molar-refractivity contribution in [2.75, 3.05) is 6.54 Å². The SMILES string of the molecule is CC(C)NC(=O)CNC(=O)CCc1nc(-c2ccsc2)no1. The number of carbonyl (C=O) groups is 2. The summed E-state index contributed by atoms with van der Waals surface area (Å²) in [6, 6.07) is 1.96. The minimum absolute atomic E-state index is 0.0268. The quantitative estimate of drug-likeness (QED) is 0.802. The molecule has 2 aromatic rings. The number of amides is 2. The zero-order valence-electron chi connectivity index (χ0n) is 12.5. The van der Waals surface area contributed by atoms with Crippen LogP contribution in [0.15, 0.2) is 21.3 Å². The van der Waals surface area contributed by atoms with Crippen molar-refractivity contribution in [3.8, 4) is 11.4 Å². The lowest BCUT2D eigenvalue weighted by molar-refractivity contribution is -0.126. The number of aromatic nitrogens is 2. The lowest BCUT2D eigenvalue weighted by atomic mass is 10.3. The molecule has 2 heterocycles. The van der Waals surface area contributed by atoms with E-state index >= 15 is 0 Å². The molecule has 2 amide bonds. The molecule has 2 aromatic heterocycles. The molecule has 0 aliphatic rings. The lowest BCUT2D eigenvalue weighted by Gasteiger charge is -2.08. The highest BCUT2D eigenvalue weighted by atomic mass is 32.1. The van der Waals surface area contributed by atoms with Crippen LogP contribution in [0.1, 0.15) is 26.2 Å². The van der Waals surface area contributed by atoms with Gasteiger partial charge < -0.3 is 15.2 Å². The van der Waals surface area contributed by atoms with Gasteiger partial charge >= 0.3 is 0 Å². The number of carbonyl (C=O) groups excluding carboxylic acids is 2. The fourth-order valence-corrected chi connectivity index (χ4v) is 2.36. The third-order valence-electron chi connectivity index (χ3n) is 2.71. The maximum atomic E-state index is 11.7. The van der Waals surface area contributed by atoms with E-state index in [0.29, 0.717) is 18.1 Å². The molecule has 0 fully saturated rings. The Morgan fingerprint density at radius 1 is 1.36 bits per heavy atom. The van der Waals surface area contributed by atoms with Crippen molar-refractivity contribution in [3.63, 3.8) is 0 Å². The summed E-state index contributed by atoms with van der Waals surface area (Å²) in [6.45, 7) is 3.70. The third-order valence-corrected chi connectivity index (χ3v) is 3.39. The Morgan fingerprint density at radius 2 is 2.18 bits per heavy atom. The fourth-order valence-electron chi connectivity index (χ4n) is 1.73. The van der Waals surface area contributed by atoms with Gasteiger partial charge in [-0.2, -0.15) is 16.3 Å². The maximum Gasteiger partial charge on any atom is 0.239 e. The molecule has 7 nitrogen and oxygen atoms in total. The van der Waals surface area contributed by atoms with Crippen LogP contribution in [0.4, 0.5) is 0 Å². The summed E-state index contributed by atoms with van der Waals surface area (Å²) in [6.07, 6.45) is 0.537. The topological polar surface area (TPSA) is 97.1 Å². The number of nitrogens with one attached hydrogen (secondary N) is 2. The van der Waals surface area contributed by atoms with Gasteiger partial charge in [0.2, 0.25) is 23.5 Å². The fraction of sp³-hybridized carbons (Fsp3) is 0.429. The smallest absolute Gasteiger partial charge is 0.239 e. The summed E-state index contributed by atoms with van der Waals surface area (Å²) in [7, 11) is 0. The van der Waals surface area contributed by atoms with Gasteiger partial charge in [-0.25, -0.2) is 0 Å². The summed E-state index contributed by atoms with van der Waals surface area (Å²) in [5.74, 6) is 0.492. The maximum absolute atomic E-state index is 11.7. The average Bonchev–Trinajstić information content (AvgIpc) is 3.12. The molecule has 0 aliphatic carbocycles. The van der Waals surface area contributed by atoms with Crippen LogP contribution in [0, 0.1) is 0 Å². The average molecular weight is 322 g/mol.